The van der Waals surface area contributed by atoms with Crippen LogP contribution < -0.4 is 0 Å². The second-order valence-electron chi connectivity index (χ2n) is 4.93. The fourth-order valence-electron chi connectivity index (χ4n) is 1.71. The molecule has 2 aromatic rings. The summed E-state index contributed by atoms with van der Waals surface area (Å²) in [7, 11) is 1.78. The molecule has 0 saturated heterocycles. The number of carbonyl (C=O) groups excluding carboxylic acids is 1. The van der Waals surface area contributed by atoms with Crippen LogP contribution >= 0.6 is 11.3 Å². The summed E-state index contributed by atoms with van der Waals surface area (Å²) in [5.74, 6) is -0.244. The van der Waals surface area contributed by atoms with Crippen molar-refractivity contribution in [3.8, 4) is 10.6 Å². The molecule has 1 aromatic carbocycles. The van der Waals surface area contributed by atoms with Crippen molar-refractivity contribution in [3.05, 3.63) is 41.2 Å². The van der Waals surface area contributed by atoms with Crippen molar-refractivity contribution in [2.75, 3.05) is 7.05 Å². The monoisotopic (exact) mass is 292 g/mol. The third-order valence-corrected chi connectivity index (χ3v) is 4.06. The predicted octanol–water partition coefficient (Wildman–Crippen LogP) is 3.36. The smallest absolute Gasteiger partial charge is 0.228 e. The molecule has 0 fully saturated rings. The summed E-state index contributed by atoms with van der Waals surface area (Å²) in [6.45, 7) is 3.94. The van der Waals surface area contributed by atoms with Crippen LogP contribution in [-0.4, -0.2) is 28.9 Å². The fourth-order valence-corrected chi connectivity index (χ4v) is 2.53. The molecule has 0 spiro atoms. The molecule has 0 bridgehead atoms. The number of aromatic nitrogens is 1. The molecule has 1 heterocycles. The van der Waals surface area contributed by atoms with E-state index < -0.39 is 0 Å². The Hall–Kier alpha value is -1.75. The molecule has 0 aliphatic rings. The van der Waals surface area contributed by atoms with Gasteiger partial charge in [-0.3, -0.25) is 4.79 Å². The molecule has 2 rings (SSSR count). The van der Waals surface area contributed by atoms with Crippen LogP contribution in [0.2, 0.25) is 0 Å². The predicted molar refractivity (Wildman–Crippen MR) is 79.1 cm³/mol. The first-order valence-corrected chi connectivity index (χ1v) is 7.31. The molecule has 0 atom stereocenters. The van der Waals surface area contributed by atoms with Crippen LogP contribution in [0.1, 0.15) is 19.5 Å². The molecular formula is C15H17FN2OS. The summed E-state index contributed by atoms with van der Waals surface area (Å²) in [5.41, 5.74) is 1.47. The molecule has 0 aliphatic carbocycles. The SMILES string of the molecule is CC(C)N(C)C(=O)Cc1csc(-c2cccc(F)c2)n1. The van der Waals surface area contributed by atoms with Crippen LogP contribution in [0.15, 0.2) is 29.6 Å². The molecule has 1 aromatic heterocycles. The van der Waals surface area contributed by atoms with E-state index in [-0.39, 0.29) is 24.2 Å². The minimum absolute atomic E-state index is 0.0380. The summed E-state index contributed by atoms with van der Waals surface area (Å²) in [6.07, 6.45) is 0.278. The maximum absolute atomic E-state index is 13.2. The average Bonchev–Trinajstić information content (AvgIpc) is 2.86. The second kappa shape index (κ2) is 6.13. The Bertz CT molecular complexity index is 609. The molecule has 0 unspecified atom stereocenters. The number of hydrogen-bond acceptors (Lipinski definition) is 3. The van der Waals surface area contributed by atoms with E-state index in [0.717, 1.165) is 16.3 Å². The molecule has 0 N–H and O–H groups in total. The number of hydrogen-bond donors (Lipinski definition) is 0. The van der Waals surface area contributed by atoms with Crippen molar-refractivity contribution < 1.29 is 9.18 Å². The van der Waals surface area contributed by atoms with Crippen LogP contribution in [0.5, 0.6) is 0 Å². The van der Waals surface area contributed by atoms with Crippen molar-refractivity contribution in [2.45, 2.75) is 26.3 Å². The lowest BCUT2D eigenvalue weighted by Crippen LogP contribution is -2.34. The standard InChI is InChI=1S/C15H17FN2OS/c1-10(2)18(3)14(19)8-13-9-20-15(17-13)11-5-4-6-12(16)7-11/h4-7,9-10H,8H2,1-3H3. The minimum Gasteiger partial charge on any atom is -0.343 e. The minimum atomic E-state index is -0.283. The van der Waals surface area contributed by atoms with Crippen LogP contribution in [0, 0.1) is 5.82 Å². The number of carbonyl (C=O) groups is 1. The van der Waals surface area contributed by atoms with Gasteiger partial charge in [-0.2, -0.15) is 0 Å². The van der Waals surface area contributed by atoms with E-state index in [0.29, 0.717) is 0 Å². The van der Waals surface area contributed by atoms with Crippen molar-refractivity contribution >= 4 is 17.2 Å². The van der Waals surface area contributed by atoms with Crippen LogP contribution in [0.25, 0.3) is 10.6 Å². The third kappa shape index (κ3) is 3.42. The van der Waals surface area contributed by atoms with Gasteiger partial charge in [0.15, 0.2) is 0 Å². The zero-order chi connectivity index (χ0) is 14.7. The van der Waals surface area contributed by atoms with Gasteiger partial charge in [-0.05, 0) is 26.0 Å². The molecule has 5 heteroatoms. The number of benzene rings is 1. The largest absolute Gasteiger partial charge is 0.343 e. The van der Waals surface area contributed by atoms with Gasteiger partial charge in [-0.1, -0.05) is 12.1 Å². The lowest BCUT2D eigenvalue weighted by Gasteiger charge is -2.20. The topological polar surface area (TPSA) is 33.2 Å². The van der Waals surface area contributed by atoms with Gasteiger partial charge in [0.2, 0.25) is 5.91 Å². The zero-order valence-electron chi connectivity index (χ0n) is 11.8. The van der Waals surface area contributed by atoms with Crippen LogP contribution in [0.4, 0.5) is 4.39 Å². The second-order valence-corrected chi connectivity index (χ2v) is 5.79. The third-order valence-electron chi connectivity index (χ3n) is 3.12. The van der Waals surface area contributed by atoms with Gasteiger partial charge in [0.25, 0.3) is 0 Å². The van der Waals surface area contributed by atoms with E-state index in [1.165, 1.54) is 23.5 Å². The van der Waals surface area contributed by atoms with Gasteiger partial charge in [0, 0.05) is 24.0 Å². The molecule has 3 nitrogen and oxygen atoms in total. The first-order chi connectivity index (χ1) is 9.47. The number of nitrogens with zero attached hydrogens (tertiary/aromatic N) is 2. The Balaban J connectivity index is 2.12. The highest BCUT2D eigenvalue weighted by Crippen LogP contribution is 2.24. The molecule has 0 saturated carbocycles. The van der Waals surface area contributed by atoms with E-state index >= 15 is 0 Å². The van der Waals surface area contributed by atoms with E-state index in [9.17, 15) is 9.18 Å². The first-order valence-electron chi connectivity index (χ1n) is 6.43. The summed E-state index contributed by atoms with van der Waals surface area (Å²) in [4.78, 5) is 18.1. The maximum Gasteiger partial charge on any atom is 0.228 e. The van der Waals surface area contributed by atoms with Crippen molar-refractivity contribution in [2.24, 2.45) is 0 Å². The Morgan fingerprint density at radius 3 is 2.85 bits per heavy atom. The highest BCUT2D eigenvalue weighted by atomic mass is 32.1. The molecular weight excluding hydrogens is 275 g/mol. The van der Waals surface area contributed by atoms with Gasteiger partial charge in [0.05, 0.1) is 12.1 Å². The van der Waals surface area contributed by atoms with Crippen LogP contribution in [-0.2, 0) is 11.2 Å². The molecule has 0 radical (unpaired) electrons. The normalized spacial score (nSPS) is 10.8. The maximum atomic E-state index is 13.2. The summed E-state index contributed by atoms with van der Waals surface area (Å²) in [6, 6.07) is 6.49. The van der Waals surface area contributed by atoms with E-state index in [1.807, 2.05) is 25.3 Å². The lowest BCUT2D eigenvalue weighted by molar-refractivity contribution is -0.130. The summed E-state index contributed by atoms with van der Waals surface area (Å²) in [5, 5.41) is 2.59. The Morgan fingerprint density at radius 1 is 1.45 bits per heavy atom. The first kappa shape index (κ1) is 14.7. The number of halogens is 1. The fraction of sp³-hybridized carbons (Fsp3) is 0.333. The highest BCUT2D eigenvalue weighted by molar-refractivity contribution is 7.13. The van der Waals surface area contributed by atoms with E-state index in [1.54, 1.807) is 18.0 Å². The molecule has 0 aliphatic heterocycles. The quantitative estimate of drug-likeness (QED) is 0.865. The molecule has 20 heavy (non-hydrogen) atoms. The average molecular weight is 292 g/mol. The van der Waals surface area contributed by atoms with E-state index in [2.05, 4.69) is 4.98 Å². The Morgan fingerprint density at radius 2 is 2.20 bits per heavy atom. The number of thiazole rings is 1. The molecule has 106 valence electrons. The number of likely N-dealkylation sites (N-methyl/N-ethyl adjacent to an activating group) is 1. The Kier molecular flexibility index (Phi) is 4.49. The van der Waals surface area contributed by atoms with E-state index in [4.69, 9.17) is 0 Å². The van der Waals surface area contributed by atoms with Gasteiger partial charge >= 0.3 is 0 Å². The number of rotatable bonds is 4. The van der Waals surface area contributed by atoms with Crippen LogP contribution in [0.3, 0.4) is 0 Å². The van der Waals surface area contributed by atoms with Gasteiger partial charge in [-0.15, -0.1) is 11.3 Å². The Labute approximate surface area is 122 Å². The highest BCUT2D eigenvalue weighted by Gasteiger charge is 2.14. The van der Waals surface area contributed by atoms with Crippen molar-refractivity contribution in [1.82, 2.24) is 9.88 Å². The lowest BCUT2D eigenvalue weighted by atomic mass is 10.2. The zero-order valence-corrected chi connectivity index (χ0v) is 12.6. The van der Waals surface area contributed by atoms with Gasteiger partial charge in [0.1, 0.15) is 10.8 Å². The summed E-state index contributed by atoms with van der Waals surface area (Å²) < 4.78 is 13.2. The van der Waals surface area contributed by atoms with Crippen molar-refractivity contribution in [1.29, 1.82) is 0 Å². The van der Waals surface area contributed by atoms with Gasteiger partial charge in [-0.25, -0.2) is 9.37 Å². The molecule has 1 amide bonds. The van der Waals surface area contributed by atoms with Crippen molar-refractivity contribution in [3.63, 3.8) is 0 Å². The number of amides is 1. The van der Waals surface area contributed by atoms with Gasteiger partial charge < -0.3 is 4.90 Å². The summed E-state index contributed by atoms with van der Waals surface area (Å²) >= 11 is 1.42.